The summed E-state index contributed by atoms with van der Waals surface area (Å²) >= 11 is 0. The molecule has 0 amide bonds. The fraction of sp³-hybridized carbons (Fsp3) is 0.765. The number of esters is 1. The number of rotatable bonds is 14. The first kappa shape index (κ1) is 30.9. The van der Waals surface area contributed by atoms with Crippen molar-refractivity contribution in [1.29, 1.82) is 0 Å². The molecule has 214 valence electrons. The highest BCUT2D eigenvalue weighted by atomic mass is 16.5. The Morgan fingerprint density at radius 3 is 2.50 bits per heavy atom. The molecular weight excluding hydrogens is 472 g/mol. The number of carbonyl (C=O) groups is 2. The lowest BCUT2D eigenvalue weighted by Crippen LogP contribution is -2.31. The van der Waals surface area contributed by atoms with Gasteiger partial charge in [-0.2, -0.15) is 0 Å². The quantitative estimate of drug-likeness (QED) is 0.180. The molecule has 4 nitrogen and oxygen atoms in total. The Hall–Kier alpha value is -1.68. The number of hydrogen-bond acceptors (Lipinski definition) is 4. The molecule has 6 unspecified atom stereocenters. The molecule has 1 aliphatic carbocycles. The molecule has 0 radical (unpaired) electrons. The molecule has 1 aromatic carbocycles. The molecule has 0 aromatic heterocycles. The lowest BCUT2D eigenvalue weighted by Gasteiger charge is -2.36. The standard InChI is InChI=1S/C34H54O4/c1-6-11-27(21-28-19-25(3)38-26(4)20-28)22-33(35)31-15-10-14-30(23-31)32(16-7-8-17-34(36)37-5)29-13-9-12-24(2)18-29/h9,12-13,18,25-28,30-32H,6-8,10-11,14-17,19-23H2,1-5H3. The monoisotopic (exact) mass is 526 g/mol. The van der Waals surface area contributed by atoms with E-state index in [2.05, 4.69) is 52.0 Å². The van der Waals surface area contributed by atoms with E-state index in [4.69, 9.17) is 9.47 Å². The molecule has 2 aliphatic rings. The van der Waals surface area contributed by atoms with Crippen molar-refractivity contribution in [2.75, 3.05) is 7.11 Å². The van der Waals surface area contributed by atoms with Gasteiger partial charge in [-0.3, -0.25) is 9.59 Å². The smallest absolute Gasteiger partial charge is 0.305 e. The Morgan fingerprint density at radius 1 is 1.05 bits per heavy atom. The fourth-order valence-corrected chi connectivity index (χ4v) is 7.57. The molecule has 0 spiro atoms. The summed E-state index contributed by atoms with van der Waals surface area (Å²) in [7, 11) is 1.47. The van der Waals surface area contributed by atoms with Gasteiger partial charge in [-0.25, -0.2) is 0 Å². The third kappa shape index (κ3) is 9.81. The van der Waals surface area contributed by atoms with Crippen LogP contribution in [0, 0.1) is 30.6 Å². The first-order valence-electron chi connectivity index (χ1n) is 15.6. The third-order valence-electron chi connectivity index (χ3n) is 9.23. The molecule has 2 fully saturated rings. The van der Waals surface area contributed by atoms with Crippen LogP contribution in [0.1, 0.15) is 128 Å². The summed E-state index contributed by atoms with van der Waals surface area (Å²) in [6, 6.07) is 8.95. The number of ketones is 1. The van der Waals surface area contributed by atoms with Crippen LogP contribution in [0.15, 0.2) is 24.3 Å². The van der Waals surface area contributed by atoms with Gasteiger partial charge in [-0.05, 0) is 101 Å². The Labute approximate surface area is 232 Å². The van der Waals surface area contributed by atoms with E-state index < -0.39 is 0 Å². The molecule has 6 atom stereocenters. The van der Waals surface area contributed by atoms with Crippen molar-refractivity contribution in [2.24, 2.45) is 23.7 Å². The van der Waals surface area contributed by atoms with Gasteiger partial charge in [0.25, 0.3) is 0 Å². The molecular formula is C34H54O4. The highest BCUT2D eigenvalue weighted by molar-refractivity contribution is 5.81. The largest absolute Gasteiger partial charge is 0.469 e. The molecule has 1 heterocycles. The van der Waals surface area contributed by atoms with Crippen LogP contribution >= 0.6 is 0 Å². The van der Waals surface area contributed by atoms with E-state index in [-0.39, 0.29) is 11.9 Å². The van der Waals surface area contributed by atoms with Crippen LogP contribution in [0.2, 0.25) is 0 Å². The molecule has 1 aromatic rings. The molecule has 1 saturated carbocycles. The van der Waals surface area contributed by atoms with Gasteiger partial charge in [0.15, 0.2) is 0 Å². The van der Waals surface area contributed by atoms with Crippen molar-refractivity contribution in [3.8, 4) is 0 Å². The van der Waals surface area contributed by atoms with Gasteiger partial charge in [0.2, 0.25) is 0 Å². The van der Waals surface area contributed by atoms with Crippen LogP contribution in [-0.2, 0) is 19.1 Å². The maximum Gasteiger partial charge on any atom is 0.305 e. The Kier molecular flexibility index (Phi) is 12.8. The van der Waals surface area contributed by atoms with Crippen LogP contribution < -0.4 is 0 Å². The number of benzene rings is 1. The number of Topliss-reactive ketones (excluding diaryl/α,β-unsaturated/α-hetero) is 1. The minimum Gasteiger partial charge on any atom is -0.469 e. The van der Waals surface area contributed by atoms with E-state index in [1.807, 2.05) is 0 Å². The highest BCUT2D eigenvalue weighted by Gasteiger charge is 2.34. The minimum atomic E-state index is -0.119. The predicted molar refractivity (Wildman–Crippen MR) is 155 cm³/mol. The average molecular weight is 527 g/mol. The van der Waals surface area contributed by atoms with Crippen molar-refractivity contribution >= 4 is 11.8 Å². The van der Waals surface area contributed by atoms with Gasteiger partial charge >= 0.3 is 5.97 Å². The van der Waals surface area contributed by atoms with Gasteiger partial charge in [-0.15, -0.1) is 0 Å². The Balaban J connectivity index is 1.63. The second-order valence-corrected chi connectivity index (χ2v) is 12.6. The molecule has 38 heavy (non-hydrogen) atoms. The van der Waals surface area contributed by atoms with Crippen molar-refractivity contribution in [1.82, 2.24) is 0 Å². The summed E-state index contributed by atoms with van der Waals surface area (Å²) in [6.07, 6.45) is 15.1. The number of carbonyl (C=O) groups excluding carboxylic acids is 2. The normalized spacial score (nSPS) is 27.4. The topological polar surface area (TPSA) is 52.6 Å². The van der Waals surface area contributed by atoms with Gasteiger partial charge in [0, 0.05) is 18.8 Å². The zero-order chi connectivity index (χ0) is 27.5. The molecule has 0 N–H and O–H groups in total. The van der Waals surface area contributed by atoms with Crippen LogP contribution in [0.25, 0.3) is 0 Å². The first-order valence-corrected chi connectivity index (χ1v) is 15.6. The van der Waals surface area contributed by atoms with E-state index in [1.165, 1.54) is 31.1 Å². The number of hydrogen-bond donors (Lipinski definition) is 0. The number of ether oxygens (including phenoxy) is 2. The van der Waals surface area contributed by atoms with Gasteiger partial charge in [-0.1, -0.05) is 62.4 Å². The zero-order valence-electron chi connectivity index (χ0n) is 24.9. The van der Waals surface area contributed by atoms with Crippen molar-refractivity contribution in [3.05, 3.63) is 35.4 Å². The summed E-state index contributed by atoms with van der Waals surface area (Å²) in [4.78, 5) is 25.3. The van der Waals surface area contributed by atoms with E-state index in [0.29, 0.717) is 48.1 Å². The van der Waals surface area contributed by atoms with Gasteiger partial charge < -0.3 is 9.47 Å². The summed E-state index contributed by atoms with van der Waals surface area (Å²) in [6.45, 7) is 8.82. The summed E-state index contributed by atoms with van der Waals surface area (Å²) in [5.41, 5.74) is 2.71. The van der Waals surface area contributed by atoms with Crippen LogP contribution in [0.5, 0.6) is 0 Å². The zero-order valence-corrected chi connectivity index (χ0v) is 24.9. The Bertz CT molecular complexity index is 854. The fourth-order valence-electron chi connectivity index (χ4n) is 7.57. The summed E-state index contributed by atoms with van der Waals surface area (Å²) in [5, 5.41) is 0. The summed E-state index contributed by atoms with van der Waals surface area (Å²) < 4.78 is 10.8. The maximum absolute atomic E-state index is 13.7. The van der Waals surface area contributed by atoms with Crippen molar-refractivity contribution in [3.63, 3.8) is 0 Å². The third-order valence-corrected chi connectivity index (χ3v) is 9.23. The van der Waals surface area contributed by atoms with Crippen LogP contribution in [0.4, 0.5) is 0 Å². The van der Waals surface area contributed by atoms with E-state index >= 15 is 0 Å². The predicted octanol–water partition coefficient (Wildman–Crippen LogP) is 8.59. The maximum atomic E-state index is 13.7. The lowest BCUT2D eigenvalue weighted by atomic mass is 9.69. The van der Waals surface area contributed by atoms with E-state index in [1.54, 1.807) is 0 Å². The molecule has 3 rings (SSSR count). The summed E-state index contributed by atoms with van der Waals surface area (Å²) in [5.74, 6) is 2.82. The second kappa shape index (κ2) is 15.8. The minimum absolute atomic E-state index is 0.119. The average Bonchev–Trinajstić information content (AvgIpc) is 2.88. The van der Waals surface area contributed by atoms with Crippen LogP contribution in [-0.4, -0.2) is 31.1 Å². The lowest BCUT2D eigenvalue weighted by molar-refractivity contribution is -0.140. The molecule has 4 heteroatoms. The number of aryl methyl sites for hydroxylation is 1. The molecule has 0 bridgehead atoms. The first-order chi connectivity index (χ1) is 18.3. The van der Waals surface area contributed by atoms with E-state index in [9.17, 15) is 9.59 Å². The van der Waals surface area contributed by atoms with Gasteiger partial charge in [0.05, 0.1) is 19.3 Å². The molecule has 1 saturated heterocycles. The van der Waals surface area contributed by atoms with Crippen LogP contribution in [0.3, 0.4) is 0 Å². The number of unbranched alkanes of at least 4 members (excludes halogenated alkanes) is 1. The SMILES string of the molecule is CCCC(CC(=O)C1CCCC(C(CCCCC(=O)OC)c2cccc(C)c2)C1)CC1CC(C)OC(C)C1. The van der Waals surface area contributed by atoms with Crippen molar-refractivity contribution < 1.29 is 19.1 Å². The van der Waals surface area contributed by atoms with E-state index in [0.717, 1.165) is 70.6 Å². The van der Waals surface area contributed by atoms with Crippen molar-refractivity contribution in [2.45, 2.75) is 136 Å². The molecule has 1 aliphatic heterocycles. The highest BCUT2D eigenvalue weighted by Crippen LogP contribution is 2.43. The van der Waals surface area contributed by atoms with Gasteiger partial charge in [0.1, 0.15) is 5.78 Å². The Morgan fingerprint density at radius 2 is 1.82 bits per heavy atom. The second-order valence-electron chi connectivity index (χ2n) is 12.6. The number of methoxy groups -OCH3 is 1.